The second-order valence-electron chi connectivity index (χ2n) is 7.16. The Bertz CT molecular complexity index is 933. The maximum absolute atomic E-state index is 12.4. The van der Waals surface area contributed by atoms with Gasteiger partial charge in [0.2, 0.25) is 0 Å². The van der Waals surface area contributed by atoms with Crippen LogP contribution in [0.3, 0.4) is 0 Å². The minimum atomic E-state index is -2.86. The van der Waals surface area contributed by atoms with Crippen molar-refractivity contribution in [2.24, 2.45) is 0 Å². The van der Waals surface area contributed by atoms with E-state index in [0.717, 1.165) is 11.1 Å². The number of phenolic OH excluding ortho intramolecular Hbond substituents is 1. The van der Waals surface area contributed by atoms with Gasteiger partial charge in [0.05, 0.1) is 6.10 Å². The molecule has 0 amide bonds. The molecule has 3 aromatic rings. The molecule has 3 N–H and O–H groups in total. The fourth-order valence-electron chi connectivity index (χ4n) is 3.30. The van der Waals surface area contributed by atoms with Crippen molar-refractivity contribution >= 4 is 0 Å². The van der Waals surface area contributed by atoms with Gasteiger partial charge in [-0.25, -0.2) is 0 Å². The van der Waals surface area contributed by atoms with Gasteiger partial charge in [-0.15, -0.1) is 0 Å². The Hall–Kier alpha value is -2.96. The summed E-state index contributed by atoms with van der Waals surface area (Å²) >= 11 is 0. The van der Waals surface area contributed by atoms with Gasteiger partial charge in [-0.3, -0.25) is 0 Å². The molecular formula is C24H25F2NO3. The average Bonchev–Trinajstić information content (AvgIpc) is 2.74. The third-order valence-corrected chi connectivity index (χ3v) is 4.95. The number of benzene rings is 3. The summed E-state index contributed by atoms with van der Waals surface area (Å²) in [5, 5.41) is 23.6. The molecule has 3 aromatic carbocycles. The normalized spacial score (nSPS) is 13.2. The van der Waals surface area contributed by atoms with Gasteiger partial charge in [-0.05, 0) is 59.9 Å². The number of halogens is 2. The third-order valence-electron chi connectivity index (χ3n) is 4.95. The van der Waals surface area contributed by atoms with Gasteiger partial charge in [0, 0.05) is 12.6 Å². The number of hydrogen-bond acceptors (Lipinski definition) is 4. The standard InChI is InChI=1S/C24H25F2NO3/c1-16-13-19(9-12-22(16)28)23(29)15-27-21(14-17-5-3-2-4-6-17)18-7-10-20(11-8-18)30-24(25)26/h2-13,21,23-24,27-29H,14-15H2,1H3/t21-,23+/m1/s1. The Morgan fingerprint density at radius 3 is 2.23 bits per heavy atom. The van der Waals surface area contributed by atoms with Crippen molar-refractivity contribution in [1.82, 2.24) is 5.32 Å². The summed E-state index contributed by atoms with van der Waals surface area (Å²) in [6.45, 7) is -0.796. The number of aryl methyl sites for hydroxylation is 1. The second-order valence-corrected chi connectivity index (χ2v) is 7.16. The van der Waals surface area contributed by atoms with Crippen molar-refractivity contribution in [2.45, 2.75) is 32.1 Å². The molecule has 0 aliphatic heterocycles. The molecule has 30 heavy (non-hydrogen) atoms. The quantitative estimate of drug-likeness (QED) is 0.467. The van der Waals surface area contributed by atoms with Gasteiger partial charge in [-0.1, -0.05) is 48.5 Å². The van der Waals surface area contributed by atoms with Crippen molar-refractivity contribution in [3.8, 4) is 11.5 Å². The van der Waals surface area contributed by atoms with Crippen LogP contribution in [0.5, 0.6) is 11.5 Å². The van der Waals surface area contributed by atoms with Gasteiger partial charge in [-0.2, -0.15) is 8.78 Å². The lowest BCUT2D eigenvalue weighted by molar-refractivity contribution is -0.0498. The van der Waals surface area contributed by atoms with E-state index in [2.05, 4.69) is 10.1 Å². The highest BCUT2D eigenvalue weighted by atomic mass is 19.3. The van der Waals surface area contributed by atoms with Crippen LogP contribution in [0.2, 0.25) is 0 Å². The molecule has 0 aromatic heterocycles. The van der Waals surface area contributed by atoms with Crippen LogP contribution in [-0.2, 0) is 6.42 Å². The van der Waals surface area contributed by atoms with E-state index in [0.29, 0.717) is 17.5 Å². The summed E-state index contributed by atoms with van der Waals surface area (Å²) in [6.07, 6.45) is -0.0963. The lowest BCUT2D eigenvalue weighted by atomic mass is 9.98. The number of aliphatic hydroxyl groups is 1. The number of aromatic hydroxyl groups is 1. The Labute approximate surface area is 174 Å². The Morgan fingerprint density at radius 2 is 1.60 bits per heavy atom. The molecule has 0 fully saturated rings. The van der Waals surface area contributed by atoms with E-state index in [1.807, 2.05) is 30.3 Å². The number of hydrogen-bond donors (Lipinski definition) is 3. The van der Waals surface area contributed by atoms with Crippen molar-refractivity contribution in [3.05, 3.63) is 95.1 Å². The first kappa shape index (κ1) is 21.7. The minimum Gasteiger partial charge on any atom is -0.508 e. The van der Waals surface area contributed by atoms with Crippen LogP contribution in [0, 0.1) is 6.92 Å². The van der Waals surface area contributed by atoms with Crippen LogP contribution in [0.25, 0.3) is 0 Å². The number of rotatable bonds is 9. The van der Waals surface area contributed by atoms with E-state index in [-0.39, 0.29) is 24.1 Å². The van der Waals surface area contributed by atoms with Crippen molar-refractivity contribution in [3.63, 3.8) is 0 Å². The van der Waals surface area contributed by atoms with E-state index >= 15 is 0 Å². The number of ether oxygens (including phenoxy) is 1. The largest absolute Gasteiger partial charge is 0.508 e. The van der Waals surface area contributed by atoms with Crippen LogP contribution in [-0.4, -0.2) is 23.4 Å². The Kier molecular flexibility index (Phi) is 7.38. The molecule has 158 valence electrons. The number of phenols is 1. The summed E-state index contributed by atoms with van der Waals surface area (Å²) in [6, 6.07) is 21.3. The Morgan fingerprint density at radius 1 is 0.933 bits per heavy atom. The van der Waals surface area contributed by atoms with Crippen LogP contribution < -0.4 is 10.1 Å². The first-order chi connectivity index (χ1) is 14.4. The van der Waals surface area contributed by atoms with E-state index < -0.39 is 12.7 Å². The van der Waals surface area contributed by atoms with Crippen LogP contribution >= 0.6 is 0 Å². The monoisotopic (exact) mass is 413 g/mol. The lowest BCUT2D eigenvalue weighted by Gasteiger charge is -2.22. The molecule has 4 nitrogen and oxygen atoms in total. The summed E-state index contributed by atoms with van der Waals surface area (Å²) < 4.78 is 29.3. The highest BCUT2D eigenvalue weighted by molar-refractivity contribution is 5.36. The second kappa shape index (κ2) is 10.2. The zero-order valence-electron chi connectivity index (χ0n) is 16.6. The first-order valence-electron chi connectivity index (χ1n) is 9.72. The average molecular weight is 413 g/mol. The highest BCUT2D eigenvalue weighted by Gasteiger charge is 2.16. The first-order valence-corrected chi connectivity index (χ1v) is 9.72. The summed E-state index contributed by atoms with van der Waals surface area (Å²) in [5.41, 5.74) is 3.41. The topological polar surface area (TPSA) is 61.7 Å². The molecule has 0 unspecified atom stereocenters. The molecule has 0 bridgehead atoms. The molecule has 0 spiro atoms. The Balaban J connectivity index is 1.74. The smallest absolute Gasteiger partial charge is 0.387 e. The molecule has 2 atom stereocenters. The van der Waals surface area contributed by atoms with Gasteiger partial charge in [0.1, 0.15) is 11.5 Å². The minimum absolute atomic E-state index is 0.104. The number of alkyl halides is 2. The van der Waals surface area contributed by atoms with E-state index in [1.54, 1.807) is 37.3 Å². The van der Waals surface area contributed by atoms with Crippen LogP contribution in [0.15, 0.2) is 72.8 Å². The summed E-state index contributed by atoms with van der Waals surface area (Å²) in [5.74, 6) is 0.291. The zero-order chi connectivity index (χ0) is 21.5. The molecule has 3 rings (SSSR count). The molecule has 0 aliphatic rings. The number of aliphatic hydroxyl groups excluding tert-OH is 1. The fourth-order valence-corrected chi connectivity index (χ4v) is 3.30. The van der Waals surface area contributed by atoms with E-state index in [4.69, 9.17) is 0 Å². The van der Waals surface area contributed by atoms with Crippen LogP contribution in [0.1, 0.15) is 34.4 Å². The molecule has 0 radical (unpaired) electrons. The summed E-state index contributed by atoms with van der Waals surface area (Å²) in [4.78, 5) is 0. The maximum Gasteiger partial charge on any atom is 0.387 e. The van der Waals surface area contributed by atoms with E-state index in [9.17, 15) is 19.0 Å². The number of nitrogens with one attached hydrogen (secondary N) is 1. The molecular weight excluding hydrogens is 388 g/mol. The molecule has 0 saturated heterocycles. The molecule has 0 saturated carbocycles. The molecule has 6 heteroatoms. The van der Waals surface area contributed by atoms with Crippen molar-refractivity contribution < 1.29 is 23.7 Å². The molecule has 0 heterocycles. The zero-order valence-corrected chi connectivity index (χ0v) is 16.6. The third kappa shape index (κ3) is 6.02. The maximum atomic E-state index is 12.4. The van der Waals surface area contributed by atoms with Gasteiger partial charge < -0.3 is 20.3 Å². The van der Waals surface area contributed by atoms with Gasteiger partial charge >= 0.3 is 6.61 Å². The predicted octanol–water partition coefficient (Wildman–Crippen LogP) is 4.91. The highest BCUT2D eigenvalue weighted by Crippen LogP contribution is 2.25. The summed E-state index contributed by atoms with van der Waals surface area (Å²) in [7, 11) is 0. The van der Waals surface area contributed by atoms with E-state index in [1.165, 1.54) is 12.1 Å². The van der Waals surface area contributed by atoms with Gasteiger partial charge in [0.15, 0.2) is 0 Å². The SMILES string of the molecule is Cc1cc([C@@H](O)CN[C@H](Cc2ccccc2)c2ccc(OC(F)F)cc2)ccc1O. The van der Waals surface area contributed by atoms with Crippen LogP contribution in [0.4, 0.5) is 8.78 Å². The van der Waals surface area contributed by atoms with Crippen molar-refractivity contribution in [2.75, 3.05) is 6.54 Å². The van der Waals surface area contributed by atoms with Gasteiger partial charge in [0.25, 0.3) is 0 Å². The predicted molar refractivity (Wildman–Crippen MR) is 112 cm³/mol. The van der Waals surface area contributed by atoms with Crippen molar-refractivity contribution in [1.29, 1.82) is 0 Å². The fraction of sp³-hybridized carbons (Fsp3) is 0.250. The lowest BCUT2D eigenvalue weighted by Crippen LogP contribution is -2.28. The molecule has 0 aliphatic carbocycles.